The molecule has 0 aromatic heterocycles. The van der Waals surface area contributed by atoms with E-state index in [9.17, 15) is 5.11 Å². The molecule has 1 aliphatic carbocycles. The second kappa shape index (κ2) is 6.44. The summed E-state index contributed by atoms with van der Waals surface area (Å²) < 4.78 is 0. The molecule has 0 amide bonds. The van der Waals surface area contributed by atoms with E-state index in [1.807, 2.05) is 0 Å². The van der Waals surface area contributed by atoms with Gasteiger partial charge in [-0.25, -0.2) is 0 Å². The molecule has 0 aliphatic heterocycles. The van der Waals surface area contributed by atoms with Gasteiger partial charge in [0.25, 0.3) is 0 Å². The Morgan fingerprint density at radius 1 is 1.07 bits per heavy atom. The zero-order chi connectivity index (χ0) is 10.4. The van der Waals surface area contributed by atoms with Crippen molar-refractivity contribution in [3.05, 3.63) is 0 Å². The number of rotatable bonds is 5. The van der Waals surface area contributed by atoms with E-state index >= 15 is 0 Å². The van der Waals surface area contributed by atoms with Gasteiger partial charge in [-0.05, 0) is 31.1 Å². The first-order valence-corrected chi connectivity index (χ1v) is 6.46. The van der Waals surface area contributed by atoms with Crippen LogP contribution in [0.15, 0.2) is 0 Å². The maximum Gasteiger partial charge on any atom is 0.0543 e. The Bertz CT molecular complexity index is 144. The molecule has 84 valence electrons. The largest absolute Gasteiger partial charge is 0.393 e. The first-order valence-electron chi connectivity index (χ1n) is 6.46. The van der Waals surface area contributed by atoms with Crippen molar-refractivity contribution in [3.8, 4) is 0 Å². The van der Waals surface area contributed by atoms with Gasteiger partial charge in [-0.3, -0.25) is 0 Å². The van der Waals surface area contributed by atoms with Crippen LogP contribution in [0.4, 0.5) is 0 Å². The molecule has 1 fully saturated rings. The third kappa shape index (κ3) is 3.61. The van der Waals surface area contributed by atoms with Gasteiger partial charge in [0.15, 0.2) is 0 Å². The highest BCUT2D eigenvalue weighted by molar-refractivity contribution is 4.79. The molecule has 1 N–H and O–H groups in total. The normalized spacial score (nSPS) is 33.2. The van der Waals surface area contributed by atoms with Crippen LogP contribution >= 0.6 is 0 Å². The van der Waals surface area contributed by atoms with Crippen molar-refractivity contribution in [1.29, 1.82) is 0 Å². The predicted molar refractivity (Wildman–Crippen MR) is 61.3 cm³/mol. The standard InChI is InChI=1S/C13H26O/c1-3-5-6-7-12-10-13(14)9-8-11(12)4-2/h11-14H,3-10H2,1-2H3. The third-order valence-electron chi connectivity index (χ3n) is 3.82. The van der Waals surface area contributed by atoms with Crippen LogP contribution in [0, 0.1) is 11.8 Å². The van der Waals surface area contributed by atoms with E-state index in [2.05, 4.69) is 13.8 Å². The van der Waals surface area contributed by atoms with Gasteiger partial charge >= 0.3 is 0 Å². The van der Waals surface area contributed by atoms with Crippen molar-refractivity contribution in [2.24, 2.45) is 11.8 Å². The molecule has 3 unspecified atom stereocenters. The number of hydrogen-bond donors (Lipinski definition) is 1. The van der Waals surface area contributed by atoms with Crippen LogP contribution in [0.1, 0.15) is 65.2 Å². The average Bonchev–Trinajstić information content (AvgIpc) is 2.19. The zero-order valence-corrected chi connectivity index (χ0v) is 9.84. The van der Waals surface area contributed by atoms with Gasteiger partial charge < -0.3 is 5.11 Å². The highest BCUT2D eigenvalue weighted by atomic mass is 16.3. The lowest BCUT2D eigenvalue weighted by Gasteiger charge is -2.33. The fourth-order valence-corrected chi connectivity index (χ4v) is 2.85. The highest BCUT2D eigenvalue weighted by Crippen LogP contribution is 2.35. The Morgan fingerprint density at radius 2 is 1.86 bits per heavy atom. The lowest BCUT2D eigenvalue weighted by Crippen LogP contribution is -2.27. The maximum atomic E-state index is 9.65. The Hall–Kier alpha value is -0.0400. The molecule has 0 heterocycles. The lowest BCUT2D eigenvalue weighted by atomic mass is 9.74. The molecule has 1 heteroatoms. The second-order valence-electron chi connectivity index (χ2n) is 4.89. The molecular weight excluding hydrogens is 172 g/mol. The number of unbranched alkanes of at least 4 members (excludes halogenated alkanes) is 2. The number of aliphatic hydroxyl groups excluding tert-OH is 1. The van der Waals surface area contributed by atoms with E-state index in [4.69, 9.17) is 0 Å². The van der Waals surface area contributed by atoms with Crippen molar-refractivity contribution >= 4 is 0 Å². The molecule has 0 spiro atoms. The summed E-state index contributed by atoms with van der Waals surface area (Å²) in [7, 11) is 0. The molecule has 1 aliphatic rings. The van der Waals surface area contributed by atoms with Gasteiger partial charge in [0.2, 0.25) is 0 Å². The summed E-state index contributed by atoms with van der Waals surface area (Å²) in [6, 6.07) is 0. The van der Waals surface area contributed by atoms with E-state index < -0.39 is 0 Å². The molecule has 0 bridgehead atoms. The van der Waals surface area contributed by atoms with Crippen molar-refractivity contribution in [2.75, 3.05) is 0 Å². The molecule has 0 aromatic rings. The quantitative estimate of drug-likeness (QED) is 0.667. The minimum atomic E-state index is 0.00410. The van der Waals surface area contributed by atoms with E-state index in [-0.39, 0.29) is 6.10 Å². The first-order chi connectivity index (χ1) is 6.77. The summed E-state index contributed by atoms with van der Waals surface area (Å²) in [4.78, 5) is 0. The molecule has 3 atom stereocenters. The van der Waals surface area contributed by atoms with Crippen LogP contribution in [0.25, 0.3) is 0 Å². The molecule has 1 rings (SSSR count). The van der Waals surface area contributed by atoms with Crippen LogP contribution in [0.2, 0.25) is 0 Å². The van der Waals surface area contributed by atoms with E-state index in [0.29, 0.717) is 0 Å². The van der Waals surface area contributed by atoms with Crippen molar-refractivity contribution < 1.29 is 5.11 Å². The third-order valence-corrected chi connectivity index (χ3v) is 3.82. The van der Waals surface area contributed by atoms with Gasteiger partial charge in [-0.15, -0.1) is 0 Å². The maximum absolute atomic E-state index is 9.65. The Morgan fingerprint density at radius 3 is 2.50 bits per heavy atom. The molecule has 1 nitrogen and oxygen atoms in total. The number of hydrogen-bond acceptors (Lipinski definition) is 1. The average molecular weight is 198 g/mol. The van der Waals surface area contributed by atoms with Crippen molar-refractivity contribution in [2.45, 2.75) is 71.3 Å². The molecule has 14 heavy (non-hydrogen) atoms. The van der Waals surface area contributed by atoms with Crippen LogP contribution in [0.3, 0.4) is 0 Å². The number of aliphatic hydroxyl groups is 1. The summed E-state index contributed by atoms with van der Waals surface area (Å²) in [6.45, 7) is 4.56. The predicted octanol–water partition coefficient (Wildman–Crippen LogP) is 3.75. The van der Waals surface area contributed by atoms with Gasteiger partial charge in [-0.1, -0.05) is 46.0 Å². The van der Waals surface area contributed by atoms with Gasteiger partial charge in [0.1, 0.15) is 0 Å². The Balaban J connectivity index is 2.29. The van der Waals surface area contributed by atoms with Crippen LogP contribution in [-0.2, 0) is 0 Å². The fraction of sp³-hybridized carbons (Fsp3) is 1.00. The van der Waals surface area contributed by atoms with Crippen LogP contribution in [-0.4, -0.2) is 11.2 Å². The highest BCUT2D eigenvalue weighted by Gasteiger charge is 2.27. The van der Waals surface area contributed by atoms with E-state index in [0.717, 1.165) is 24.7 Å². The summed E-state index contributed by atoms with van der Waals surface area (Å²) in [5, 5.41) is 9.65. The van der Waals surface area contributed by atoms with E-state index in [1.54, 1.807) is 0 Å². The summed E-state index contributed by atoms with van der Waals surface area (Å²) in [5.74, 6) is 1.71. The summed E-state index contributed by atoms with van der Waals surface area (Å²) in [6.07, 6.45) is 10.1. The smallest absolute Gasteiger partial charge is 0.0543 e. The van der Waals surface area contributed by atoms with E-state index in [1.165, 1.54) is 38.5 Å². The summed E-state index contributed by atoms with van der Waals surface area (Å²) >= 11 is 0. The van der Waals surface area contributed by atoms with Crippen molar-refractivity contribution in [3.63, 3.8) is 0 Å². The van der Waals surface area contributed by atoms with Gasteiger partial charge in [0.05, 0.1) is 6.10 Å². The van der Waals surface area contributed by atoms with Crippen molar-refractivity contribution in [1.82, 2.24) is 0 Å². The minimum Gasteiger partial charge on any atom is -0.393 e. The minimum absolute atomic E-state index is 0.00410. The lowest BCUT2D eigenvalue weighted by molar-refractivity contribution is 0.0626. The zero-order valence-electron chi connectivity index (χ0n) is 9.84. The molecule has 1 saturated carbocycles. The second-order valence-corrected chi connectivity index (χ2v) is 4.89. The Labute approximate surface area is 88.9 Å². The Kier molecular flexibility index (Phi) is 5.54. The van der Waals surface area contributed by atoms with Crippen LogP contribution in [0.5, 0.6) is 0 Å². The molecule has 0 aromatic carbocycles. The molecule has 0 saturated heterocycles. The topological polar surface area (TPSA) is 20.2 Å². The molecule has 0 radical (unpaired) electrons. The first kappa shape index (κ1) is 12.0. The monoisotopic (exact) mass is 198 g/mol. The summed E-state index contributed by atoms with van der Waals surface area (Å²) in [5.41, 5.74) is 0. The molecular formula is C13H26O. The van der Waals surface area contributed by atoms with Gasteiger partial charge in [0, 0.05) is 0 Å². The fourth-order valence-electron chi connectivity index (χ4n) is 2.85. The van der Waals surface area contributed by atoms with Gasteiger partial charge in [-0.2, -0.15) is 0 Å². The van der Waals surface area contributed by atoms with Crippen LogP contribution < -0.4 is 0 Å². The SMILES string of the molecule is CCCCCC1CC(O)CCC1CC.